The van der Waals surface area contributed by atoms with Gasteiger partial charge < -0.3 is 10.4 Å². The summed E-state index contributed by atoms with van der Waals surface area (Å²) in [5, 5.41) is 15.0. The van der Waals surface area contributed by atoms with Crippen LogP contribution in [0, 0.1) is 0 Å². The number of hydrogen-bond acceptors (Lipinski definition) is 2. The molecule has 3 aromatic rings. The Labute approximate surface area is 133 Å². The largest absolute Gasteiger partial charge is 0.478 e. The Kier molecular flexibility index (Phi) is 3.98. The van der Waals surface area contributed by atoms with Crippen molar-refractivity contribution in [2.75, 3.05) is 5.32 Å². The van der Waals surface area contributed by atoms with Crippen molar-refractivity contribution in [3.63, 3.8) is 0 Å². The number of hydrogen-bond donors (Lipinski definition) is 2. The number of nitrogens with one attached hydrogen (secondary N) is 1. The van der Waals surface area contributed by atoms with E-state index in [2.05, 4.69) is 29.6 Å². The van der Waals surface area contributed by atoms with Crippen molar-refractivity contribution in [1.29, 1.82) is 0 Å². The van der Waals surface area contributed by atoms with Crippen molar-refractivity contribution in [1.82, 2.24) is 0 Å². The van der Waals surface area contributed by atoms with Crippen LogP contribution in [0.4, 0.5) is 5.69 Å². The minimum atomic E-state index is -1.03. The van der Waals surface area contributed by atoms with Gasteiger partial charge in [0.2, 0.25) is 0 Å². The molecular formula is C18H14ClNO2. The molecule has 0 atom stereocenters. The molecule has 4 heteroatoms. The lowest BCUT2D eigenvalue weighted by atomic mass is 10.0. The van der Waals surface area contributed by atoms with E-state index < -0.39 is 5.97 Å². The highest BCUT2D eigenvalue weighted by atomic mass is 35.5. The first-order chi connectivity index (χ1) is 10.6. The van der Waals surface area contributed by atoms with Crippen LogP contribution in [-0.2, 0) is 6.54 Å². The molecule has 0 fully saturated rings. The molecule has 3 aromatic carbocycles. The van der Waals surface area contributed by atoms with Crippen molar-refractivity contribution >= 4 is 34.0 Å². The average Bonchev–Trinajstić information content (AvgIpc) is 2.53. The number of benzene rings is 3. The van der Waals surface area contributed by atoms with Gasteiger partial charge in [-0.05, 0) is 34.5 Å². The zero-order valence-electron chi connectivity index (χ0n) is 11.7. The third-order valence-electron chi connectivity index (χ3n) is 3.56. The Morgan fingerprint density at radius 1 is 1.05 bits per heavy atom. The SMILES string of the molecule is O=C(O)c1cc(NCc2cccc3ccccc23)ccc1Cl. The highest BCUT2D eigenvalue weighted by molar-refractivity contribution is 6.33. The van der Waals surface area contributed by atoms with Crippen LogP contribution in [0.2, 0.25) is 5.02 Å². The second-order valence-corrected chi connectivity index (χ2v) is 5.40. The molecule has 0 amide bonds. The number of carboxylic acids is 1. The molecule has 0 saturated carbocycles. The quantitative estimate of drug-likeness (QED) is 0.727. The molecule has 0 aliphatic carbocycles. The molecule has 0 unspecified atom stereocenters. The van der Waals surface area contributed by atoms with Crippen LogP contribution in [-0.4, -0.2) is 11.1 Å². The van der Waals surface area contributed by atoms with Crippen LogP contribution in [0.1, 0.15) is 15.9 Å². The Morgan fingerprint density at radius 2 is 1.82 bits per heavy atom. The van der Waals surface area contributed by atoms with Gasteiger partial charge in [0, 0.05) is 12.2 Å². The maximum absolute atomic E-state index is 11.1. The van der Waals surface area contributed by atoms with Gasteiger partial charge in [0.15, 0.2) is 0 Å². The van der Waals surface area contributed by atoms with Crippen LogP contribution in [0.3, 0.4) is 0 Å². The molecule has 0 saturated heterocycles. The van der Waals surface area contributed by atoms with E-state index in [1.807, 2.05) is 18.2 Å². The zero-order valence-corrected chi connectivity index (χ0v) is 12.5. The summed E-state index contributed by atoms with van der Waals surface area (Å²) in [4.78, 5) is 11.1. The van der Waals surface area contributed by atoms with Crippen LogP contribution >= 0.6 is 11.6 Å². The van der Waals surface area contributed by atoms with E-state index in [0.717, 1.165) is 11.3 Å². The third kappa shape index (κ3) is 2.90. The Hall–Kier alpha value is -2.52. The maximum Gasteiger partial charge on any atom is 0.337 e. The summed E-state index contributed by atoms with van der Waals surface area (Å²) in [6, 6.07) is 19.2. The second kappa shape index (κ2) is 6.08. The molecule has 0 aliphatic rings. The van der Waals surface area contributed by atoms with Crippen LogP contribution in [0.25, 0.3) is 10.8 Å². The Balaban J connectivity index is 1.85. The van der Waals surface area contributed by atoms with Gasteiger partial charge >= 0.3 is 5.97 Å². The first kappa shape index (κ1) is 14.4. The number of rotatable bonds is 4. The zero-order chi connectivity index (χ0) is 15.5. The van der Waals surface area contributed by atoms with E-state index in [4.69, 9.17) is 16.7 Å². The second-order valence-electron chi connectivity index (χ2n) is 4.99. The fourth-order valence-corrected chi connectivity index (χ4v) is 2.64. The number of aromatic carboxylic acids is 1. The van der Waals surface area contributed by atoms with Gasteiger partial charge in [-0.25, -0.2) is 4.79 Å². The highest BCUT2D eigenvalue weighted by Crippen LogP contribution is 2.23. The van der Waals surface area contributed by atoms with Crippen molar-refractivity contribution in [3.05, 3.63) is 76.8 Å². The average molecular weight is 312 g/mol. The van der Waals surface area contributed by atoms with Gasteiger partial charge in [-0.2, -0.15) is 0 Å². The third-order valence-corrected chi connectivity index (χ3v) is 3.89. The summed E-state index contributed by atoms with van der Waals surface area (Å²) < 4.78 is 0. The summed E-state index contributed by atoms with van der Waals surface area (Å²) in [6.45, 7) is 0.613. The van der Waals surface area contributed by atoms with E-state index in [9.17, 15) is 4.79 Å². The summed E-state index contributed by atoms with van der Waals surface area (Å²) in [7, 11) is 0. The molecule has 3 nitrogen and oxygen atoms in total. The maximum atomic E-state index is 11.1. The Bertz CT molecular complexity index is 840. The lowest BCUT2D eigenvalue weighted by Crippen LogP contribution is -2.03. The van der Waals surface area contributed by atoms with Crippen molar-refractivity contribution in [2.45, 2.75) is 6.54 Å². The van der Waals surface area contributed by atoms with Gasteiger partial charge in [0.05, 0.1) is 10.6 Å². The normalized spacial score (nSPS) is 10.6. The molecule has 0 heterocycles. The molecule has 22 heavy (non-hydrogen) atoms. The molecule has 0 radical (unpaired) electrons. The number of fused-ring (bicyclic) bond motifs is 1. The Morgan fingerprint density at radius 3 is 2.64 bits per heavy atom. The predicted octanol–water partition coefficient (Wildman–Crippen LogP) is 4.80. The standard InChI is InChI=1S/C18H14ClNO2/c19-17-9-8-14(10-16(17)18(21)22)20-11-13-6-3-5-12-4-1-2-7-15(12)13/h1-10,20H,11H2,(H,21,22). The fourth-order valence-electron chi connectivity index (χ4n) is 2.44. The molecule has 2 N–H and O–H groups in total. The number of carbonyl (C=O) groups is 1. The minimum absolute atomic E-state index is 0.101. The summed E-state index contributed by atoms with van der Waals surface area (Å²) in [5.74, 6) is -1.03. The van der Waals surface area contributed by atoms with E-state index in [1.165, 1.54) is 10.8 Å². The first-order valence-corrected chi connectivity index (χ1v) is 7.26. The minimum Gasteiger partial charge on any atom is -0.478 e. The smallest absolute Gasteiger partial charge is 0.337 e. The van der Waals surface area contributed by atoms with E-state index in [0.29, 0.717) is 6.54 Å². The van der Waals surface area contributed by atoms with Crippen LogP contribution in [0.15, 0.2) is 60.7 Å². The summed E-state index contributed by atoms with van der Waals surface area (Å²) in [5.41, 5.74) is 1.99. The lowest BCUT2D eigenvalue weighted by Gasteiger charge is -2.10. The van der Waals surface area contributed by atoms with Gasteiger partial charge in [-0.3, -0.25) is 0 Å². The monoisotopic (exact) mass is 311 g/mol. The van der Waals surface area contributed by atoms with Gasteiger partial charge in [0.1, 0.15) is 0 Å². The number of halogens is 1. The van der Waals surface area contributed by atoms with E-state index >= 15 is 0 Å². The summed E-state index contributed by atoms with van der Waals surface area (Å²) >= 11 is 5.88. The molecule has 0 aliphatic heterocycles. The van der Waals surface area contributed by atoms with Crippen molar-refractivity contribution in [2.24, 2.45) is 0 Å². The van der Waals surface area contributed by atoms with Crippen LogP contribution in [0.5, 0.6) is 0 Å². The molecule has 110 valence electrons. The lowest BCUT2D eigenvalue weighted by molar-refractivity contribution is 0.0697. The van der Waals surface area contributed by atoms with Crippen molar-refractivity contribution in [3.8, 4) is 0 Å². The molecule has 0 bridgehead atoms. The topological polar surface area (TPSA) is 49.3 Å². The first-order valence-electron chi connectivity index (χ1n) is 6.88. The summed E-state index contributed by atoms with van der Waals surface area (Å²) in [6.07, 6.45) is 0. The van der Waals surface area contributed by atoms with E-state index in [1.54, 1.807) is 18.2 Å². The van der Waals surface area contributed by atoms with Crippen molar-refractivity contribution < 1.29 is 9.90 Å². The van der Waals surface area contributed by atoms with Crippen LogP contribution < -0.4 is 5.32 Å². The number of carboxylic acid groups (broad SMARTS) is 1. The molecule has 0 spiro atoms. The highest BCUT2D eigenvalue weighted by Gasteiger charge is 2.09. The predicted molar refractivity (Wildman–Crippen MR) is 89.7 cm³/mol. The molecule has 0 aromatic heterocycles. The van der Waals surface area contributed by atoms with Gasteiger partial charge in [-0.1, -0.05) is 54.1 Å². The van der Waals surface area contributed by atoms with Gasteiger partial charge in [0.25, 0.3) is 0 Å². The van der Waals surface area contributed by atoms with Gasteiger partial charge in [-0.15, -0.1) is 0 Å². The fraction of sp³-hybridized carbons (Fsp3) is 0.0556. The van der Waals surface area contributed by atoms with E-state index in [-0.39, 0.29) is 10.6 Å². The number of anilines is 1. The molecule has 3 rings (SSSR count). The molecular weight excluding hydrogens is 298 g/mol.